The molecule has 166 valence electrons. The van der Waals surface area contributed by atoms with E-state index in [-0.39, 0.29) is 11.8 Å². The highest BCUT2D eigenvalue weighted by Gasteiger charge is 2.25. The first kappa shape index (κ1) is 22.8. The summed E-state index contributed by atoms with van der Waals surface area (Å²) in [6, 6.07) is 0. The molecule has 1 aromatic rings. The number of hydrogen-bond acceptors (Lipinski definition) is 5. The van der Waals surface area contributed by atoms with Gasteiger partial charge < -0.3 is 14.5 Å². The number of carbonyl (C=O) groups excluding carboxylic acids is 2. The second-order valence-corrected chi connectivity index (χ2v) is 8.65. The maximum Gasteiger partial charge on any atom is 0.246 e. The molecule has 2 saturated heterocycles. The average molecular weight is 438 g/mol. The van der Waals surface area contributed by atoms with Crippen LogP contribution in [0.5, 0.6) is 0 Å². The number of piperazine rings is 1. The van der Waals surface area contributed by atoms with Crippen molar-refractivity contribution < 1.29 is 14.3 Å². The lowest BCUT2D eigenvalue weighted by Crippen LogP contribution is -2.53. The molecule has 0 spiro atoms. The van der Waals surface area contributed by atoms with Gasteiger partial charge in [0.2, 0.25) is 11.8 Å². The van der Waals surface area contributed by atoms with Gasteiger partial charge in [-0.2, -0.15) is 5.10 Å². The zero-order chi connectivity index (χ0) is 21.7. The van der Waals surface area contributed by atoms with E-state index in [9.17, 15) is 9.59 Å². The molecule has 3 rings (SSSR count). The van der Waals surface area contributed by atoms with Crippen molar-refractivity contribution in [3.63, 3.8) is 0 Å². The Kier molecular flexibility index (Phi) is 7.91. The van der Waals surface area contributed by atoms with Crippen LogP contribution >= 0.6 is 11.6 Å². The third-order valence-electron chi connectivity index (χ3n) is 5.45. The minimum atomic E-state index is -0.0673. The predicted molar refractivity (Wildman–Crippen MR) is 116 cm³/mol. The molecule has 0 N–H and O–H groups in total. The molecule has 9 heteroatoms. The maximum atomic E-state index is 12.6. The molecule has 0 aliphatic carbocycles. The number of nitrogens with zero attached hydrogens (tertiary/aromatic N) is 5. The lowest BCUT2D eigenvalue weighted by Gasteiger charge is -2.36. The standard InChI is InChI=1S/C21H32ClN5O3/c1-16(2)14-27-21(22)18(17(3)23-27)4-5-19(28)25-6-8-26(9-7-25)20(29)15-24-10-12-30-13-11-24/h4-5,16H,6-15H2,1-3H3/b5-4+. The largest absolute Gasteiger partial charge is 0.379 e. The summed E-state index contributed by atoms with van der Waals surface area (Å²) in [7, 11) is 0. The monoisotopic (exact) mass is 437 g/mol. The zero-order valence-corrected chi connectivity index (χ0v) is 18.9. The van der Waals surface area contributed by atoms with E-state index < -0.39 is 0 Å². The zero-order valence-electron chi connectivity index (χ0n) is 18.1. The van der Waals surface area contributed by atoms with Gasteiger partial charge in [0.15, 0.2) is 0 Å². The smallest absolute Gasteiger partial charge is 0.246 e. The van der Waals surface area contributed by atoms with Gasteiger partial charge in [-0.3, -0.25) is 19.2 Å². The van der Waals surface area contributed by atoms with Crippen molar-refractivity contribution in [2.75, 3.05) is 59.0 Å². The number of aryl methyl sites for hydroxylation is 1. The van der Waals surface area contributed by atoms with E-state index in [1.54, 1.807) is 21.7 Å². The van der Waals surface area contributed by atoms with Crippen LogP contribution in [-0.4, -0.2) is 95.3 Å². The van der Waals surface area contributed by atoms with Crippen LogP contribution in [0.25, 0.3) is 6.08 Å². The Hall–Kier alpha value is -1.90. The summed E-state index contributed by atoms with van der Waals surface area (Å²) < 4.78 is 7.11. The van der Waals surface area contributed by atoms with Crippen molar-refractivity contribution in [2.45, 2.75) is 27.3 Å². The van der Waals surface area contributed by atoms with Crippen molar-refractivity contribution in [1.82, 2.24) is 24.5 Å². The molecule has 2 fully saturated rings. The number of rotatable bonds is 6. The van der Waals surface area contributed by atoms with E-state index in [4.69, 9.17) is 16.3 Å². The fraction of sp³-hybridized carbons (Fsp3) is 0.667. The van der Waals surface area contributed by atoms with E-state index in [0.29, 0.717) is 57.0 Å². The second-order valence-electron chi connectivity index (χ2n) is 8.29. The SMILES string of the molecule is Cc1nn(CC(C)C)c(Cl)c1/C=C/C(=O)N1CCN(C(=O)CN2CCOCC2)CC1. The fourth-order valence-electron chi connectivity index (χ4n) is 3.71. The van der Waals surface area contributed by atoms with Crippen molar-refractivity contribution in [1.29, 1.82) is 0 Å². The molecule has 0 bridgehead atoms. The van der Waals surface area contributed by atoms with Crippen LogP contribution in [0.3, 0.4) is 0 Å². The first-order valence-electron chi connectivity index (χ1n) is 10.6. The van der Waals surface area contributed by atoms with Crippen molar-refractivity contribution >= 4 is 29.5 Å². The second kappa shape index (κ2) is 10.4. The predicted octanol–water partition coefficient (Wildman–Crippen LogP) is 1.52. The molecule has 0 saturated carbocycles. The summed E-state index contributed by atoms with van der Waals surface area (Å²) in [5.74, 6) is 0.490. The van der Waals surface area contributed by atoms with Gasteiger partial charge in [0.25, 0.3) is 0 Å². The van der Waals surface area contributed by atoms with Crippen molar-refractivity contribution in [3.05, 3.63) is 22.5 Å². The van der Waals surface area contributed by atoms with Crippen LogP contribution in [0.4, 0.5) is 0 Å². The highest BCUT2D eigenvalue weighted by molar-refractivity contribution is 6.31. The lowest BCUT2D eigenvalue weighted by molar-refractivity contribution is -0.138. The number of amides is 2. The molecule has 3 heterocycles. The molecule has 2 aliphatic heterocycles. The Morgan fingerprint density at radius 1 is 1.10 bits per heavy atom. The van der Waals surface area contributed by atoms with Gasteiger partial charge in [0.05, 0.1) is 25.5 Å². The number of ether oxygens (including phenoxy) is 1. The summed E-state index contributed by atoms with van der Waals surface area (Å²) >= 11 is 6.45. The van der Waals surface area contributed by atoms with Gasteiger partial charge in [0.1, 0.15) is 5.15 Å². The number of morpholine rings is 1. The van der Waals surface area contributed by atoms with E-state index in [2.05, 4.69) is 23.8 Å². The van der Waals surface area contributed by atoms with Crippen LogP contribution in [0.1, 0.15) is 25.1 Å². The van der Waals surface area contributed by atoms with Crippen LogP contribution in [-0.2, 0) is 20.9 Å². The number of aromatic nitrogens is 2. The Bertz CT molecular complexity index is 778. The van der Waals surface area contributed by atoms with Crippen LogP contribution in [0, 0.1) is 12.8 Å². The van der Waals surface area contributed by atoms with Gasteiger partial charge in [-0.05, 0) is 18.9 Å². The van der Waals surface area contributed by atoms with Crippen LogP contribution in [0.15, 0.2) is 6.08 Å². The topological polar surface area (TPSA) is 70.9 Å². The molecular weight excluding hydrogens is 406 g/mol. The van der Waals surface area contributed by atoms with Gasteiger partial charge in [-0.1, -0.05) is 25.4 Å². The van der Waals surface area contributed by atoms with Crippen LogP contribution < -0.4 is 0 Å². The molecule has 30 heavy (non-hydrogen) atoms. The summed E-state index contributed by atoms with van der Waals surface area (Å²) in [6.07, 6.45) is 3.31. The van der Waals surface area contributed by atoms with E-state index in [1.165, 1.54) is 0 Å². The third-order valence-corrected chi connectivity index (χ3v) is 5.85. The Labute approximate surface area is 183 Å². The summed E-state index contributed by atoms with van der Waals surface area (Å²) in [5.41, 5.74) is 1.59. The quantitative estimate of drug-likeness (QED) is 0.631. The summed E-state index contributed by atoms with van der Waals surface area (Å²) in [4.78, 5) is 30.9. The molecule has 2 amide bonds. The minimum absolute atomic E-state index is 0.0673. The van der Waals surface area contributed by atoms with Crippen molar-refractivity contribution in [3.8, 4) is 0 Å². The maximum absolute atomic E-state index is 12.6. The number of halogens is 1. The first-order valence-corrected chi connectivity index (χ1v) is 11.0. The molecule has 0 unspecified atom stereocenters. The average Bonchev–Trinajstić information content (AvgIpc) is 2.99. The van der Waals surface area contributed by atoms with Crippen molar-refractivity contribution in [2.24, 2.45) is 5.92 Å². The molecule has 0 atom stereocenters. The minimum Gasteiger partial charge on any atom is -0.379 e. The molecule has 0 radical (unpaired) electrons. The van der Waals surface area contributed by atoms with Gasteiger partial charge in [-0.25, -0.2) is 0 Å². The number of hydrogen-bond donors (Lipinski definition) is 0. The Balaban J connectivity index is 1.50. The normalized spacial score (nSPS) is 18.6. The molecule has 1 aromatic heterocycles. The Morgan fingerprint density at radius 2 is 1.73 bits per heavy atom. The van der Waals surface area contributed by atoms with Gasteiger partial charge in [0, 0.05) is 57.5 Å². The van der Waals surface area contributed by atoms with Gasteiger partial charge >= 0.3 is 0 Å². The lowest BCUT2D eigenvalue weighted by atomic mass is 10.2. The third kappa shape index (κ3) is 5.83. The van der Waals surface area contributed by atoms with E-state index >= 15 is 0 Å². The summed E-state index contributed by atoms with van der Waals surface area (Å²) in [5, 5.41) is 5.03. The highest BCUT2D eigenvalue weighted by atomic mass is 35.5. The molecular formula is C21H32ClN5O3. The molecule has 2 aliphatic rings. The van der Waals surface area contributed by atoms with E-state index in [0.717, 1.165) is 30.9 Å². The van der Waals surface area contributed by atoms with Gasteiger partial charge in [-0.15, -0.1) is 0 Å². The van der Waals surface area contributed by atoms with Crippen LogP contribution in [0.2, 0.25) is 5.15 Å². The Morgan fingerprint density at radius 3 is 2.37 bits per heavy atom. The summed E-state index contributed by atoms with van der Waals surface area (Å²) in [6.45, 7) is 12.4. The van der Waals surface area contributed by atoms with E-state index in [1.807, 2.05) is 11.8 Å². The fourth-order valence-corrected chi connectivity index (χ4v) is 4.02. The molecule has 8 nitrogen and oxygen atoms in total. The molecule has 0 aromatic carbocycles. The number of carbonyl (C=O) groups is 2. The highest BCUT2D eigenvalue weighted by Crippen LogP contribution is 2.22. The first-order chi connectivity index (χ1) is 14.3.